The van der Waals surface area contributed by atoms with Crippen molar-refractivity contribution in [1.29, 1.82) is 0 Å². The van der Waals surface area contributed by atoms with E-state index >= 15 is 0 Å². The van der Waals surface area contributed by atoms with Gasteiger partial charge in [-0.25, -0.2) is 0 Å². The number of para-hydroxylation sites is 2. The molecule has 3 heterocycles. The average molecular weight is 410 g/mol. The van der Waals surface area contributed by atoms with E-state index in [9.17, 15) is 9.59 Å². The number of hydrogen-bond donors (Lipinski definition) is 1. The van der Waals surface area contributed by atoms with E-state index < -0.39 is 0 Å². The highest BCUT2D eigenvalue weighted by atomic mass is 32.1. The third-order valence-electron chi connectivity index (χ3n) is 4.91. The van der Waals surface area contributed by atoms with Crippen LogP contribution in [0.5, 0.6) is 0 Å². The van der Waals surface area contributed by atoms with Gasteiger partial charge in [0.1, 0.15) is 5.76 Å². The van der Waals surface area contributed by atoms with Gasteiger partial charge in [-0.05, 0) is 42.6 Å². The van der Waals surface area contributed by atoms with Crippen LogP contribution in [0, 0.1) is 0 Å². The predicted octanol–water partition coefficient (Wildman–Crippen LogP) is 4.11. The summed E-state index contributed by atoms with van der Waals surface area (Å²) >= 11 is 1.67. The van der Waals surface area contributed by atoms with Crippen molar-refractivity contribution in [2.24, 2.45) is 0 Å². The summed E-state index contributed by atoms with van der Waals surface area (Å²) in [6.07, 6.45) is 1.91. The molecule has 0 saturated heterocycles. The molecular weight excluding hydrogens is 386 g/mol. The summed E-state index contributed by atoms with van der Waals surface area (Å²) in [5.41, 5.74) is 1.41. The van der Waals surface area contributed by atoms with E-state index in [4.69, 9.17) is 4.42 Å². The van der Waals surface area contributed by atoms with Gasteiger partial charge < -0.3 is 14.6 Å². The van der Waals surface area contributed by atoms with Gasteiger partial charge in [0.15, 0.2) is 0 Å². The molecule has 150 valence electrons. The molecule has 1 aliphatic rings. The van der Waals surface area contributed by atoms with Crippen LogP contribution in [0.25, 0.3) is 0 Å². The number of hydrogen-bond acceptors (Lipinski definition) is 5. The number of carbonyl (C=O) groups excluding carboxylic acids is 2. The lowest BCUT2D eigenvalue weighted by molar-refractivity contribution is -0.120. The Morgan fingerprint density at radius 1 is 1.21 bits per heavy atom. The molecule has 3 aromatic rings. The van der Waals surface area contributed by atoms with Crippen LogP contribution in [-0.4, -0.2) is 29.3 Å². The third kappa shape index (κ3) is 4.58. The fourth-order valence-corrected chi connectivity index (χ4v) is 4.40. The highest BCUT2D eigenvalue weighted by Crippen LogP contribution is 2.31. The number of benzene rings is 1. The van der Waals surface area contributed by atoms with Crippen LogP contribution in [0.1, 0.15) is 24.0 Å². The zero-order valence-electron chi connectivity index (χ0n) is 16.2. The number of anilines is 2. The van der Waals surface area contributed by atoms with Crippen LogP contribution < -0.4 is 10.2 Å². The lowest BCUT2D eigenvalue weighted by atomic mass is 10.1. The number of nitrogens with one attached hydrogen (secondary N) is 1. The molecule has 0 aliphatic carbocycles. The first-order valence-electron chi connectivity index (χ1n) is 9.58. The molecule has 0 unspecified atom stereocenters. The van der Waals surface area contributed by atoms with Crippen molar-refractivity contribution in [3.05, 3.63) is 70.8 Å². The highest BCUT2D eigenvalue weighted by Gasteiger charge is 2.30. The molecular formula is C22H23N3O3S. The van der Waals surface area contributed by atoms with Gasteiger partial charge in [0.2, 0.25) is 11.8 Å². The maximum atomic E-state index is 13.4. The average Bonchev–Trinajstić information content (AvgIpc) is 3.35. The van der Waals surface area contributed by atoms with E-state index in [1.54, 1.807) is 22.5 Å². The van der Waals surface area contributed by atoms with Crippen molar-refractivity contribution in [3.63, 3.8) is 0 Å². The monoisotopic (exact) mass is 409 g/mol. The second-order valence-corrected chi connectivity index (χ2v) is 8.22. The molecule has 0 spiro atoms. The zero-order valence-corrected chi connectivity index (χ0v) is 17.0. The third-order valence-corrected chi connectivity index (χ3v) is 5.77. The Kier molecular flexibility index (Phi) is 5.78. The number of nitrogens with zero attached hydrogens (tertiary/aromatic N) is 2. The maximum absolute atomic E-state index is 13.4. The Balaban J connectivity index is 1.58. The SMILES string of the molecule is C[C@H]1CC(=O)Nc2ccccc2N1C(=O)CN(Cc1ccco1)Cc1cccs1. The van der Waals surface area contributed by atoms with Crippen molar-refractivity contribution in [2.75, 3.05) is 16.8 Å². The molecule has 1 aromatic carbocycles. The summed E-state index contributed by atoms with van der Waals surface area (Å²) in [6, 6.07) is 15.1. The highest BCUT2D eigenvalue weighted by molar-refractivity contribution is 7.09. The molecule has 0 bridgehead atoms. The van der Waals surface area contributed by atoms with E-state index in [1.807, 2.05) is 54.8 Å². The number of carbonyl (C=O) groups is 2. The van der Waals surface area contributed by atoms with Gasteiger partial charge in [0.05, 0.1) is 30.7 Å². The molecule has 0 radical (unpaired) electrons. The Morgan fingerprint density at radius 3 is 2.83 bits per heavy atom. The van der Waals surface area contributed by atoms with Gasteiger partial charge >= 0.3 is 0 Å². The van der Waals surface area contributed by atoms with Crippen LogP contribution in [0.4, 0.5) is 11.4 Å². The largest absolute Gasteiger partial charge is 0.468 e. The van der Waals surface area contributed by atoms with Crippen molar-refractivity contribution in [1.82, 2.24) is 4.90 Å². The molecule has 6 nitrogen and oxygen atoms in total. The summed E-state index contributed by atoms with van der Waals surface area (Å²) < 4.78 is 5.50. The minimum absolute atomic E-state index is 0.0374. The van der Waals surface area contributed by atoms with Gasteiger partial charge in [-0.2, -0.15) is 0 Å². The van der Waals surface area contributed by atoms with E-state index in [1.165, 1.54) is 4.88 Å². The van der Waals surface area contributed by atoms with Crippen molar-refractivity contribution < 1.29 is 14.0 Å². The molecule has 1 N–H and O–H groups in total. The maximum Gasteiger partial charge on any atom is 0.241 e. The fourth-order valence-electron chi connectivity index (χ4n) is 3.65. The standard InChI is InChI=1S/C22H23N3O3S/c1-16-12-21(26)23-19-8-2-3-9-20(19)25(16)22(27)15-24(13-17-6-4-10-28-17)14-18-7-5-11-29-18/h2-11,16H,12-15H2,1H3,(H,23,26)/t16-/m0/s1. The molecule has 0 saturated carbocycles. The first kappa shape index (κ1) is 19.4. The number of furan rings is 1. The van der Waals surface area contributed by atoms with E-state index in [2.05, 4.69) is 16.3 Å². The Hall–Kier alpha value is -2.90. The molecule has 0 fully saturated rings. The van der Waals surface area contributed by atoms with Gasteiger partial charge in [0.25, 0.3) is 0 Å². The van der Waals surface area contributed by atoms with Gasteiger partial charge in [-0.1, -0.05) is 18.2 Å². The van der Waals surface area contributed by atoms with Gasteiger partial charge in [0, 0.05) is 23.9 Å². The smallest absolute Gasteiger partial charge is 0.241 e. The molecule has 7 heteroatoms. The molecule has 29 heavy (non-hydrogen) atoms. The van der Waals surface area contributed by atoms with E-state index in [0.29, 0.717) is 18.8 Å². The summed E-state index contributed by atoms with van der Waals surface area (Å²) in [4.78, 5) is 30.6. The summed E-state index contributed by atoms with van der Waals surface area (Å²) in [5.74, 6) is 0.700. The predicted molar refractivity (Wildman–Crippen MR) is 114 cm³/mol. The van der Waals surface area contributed by atoms with E-state index in [-0.39, 0.29) is 30.8 Å². The quantitative estimate of drug-likeness (QED) is 0.665. The lowest BCUT2D eigenvalue weighted by Gasteiger charge is -2.30. The number of amides is 2. The Labute approximate surface area is 173 Å². The first-order valence-corrected chi connectivity index (χ1v) is 10.5. The van der Waals surface area contributed by atoms with E-state index in [0.717, 1.165) is 11.4 Å². The number of rotatable bonds is 6. The van der Waals surface area contributed by atoms with Crippen molar-refractivity contribution >= 4 is 34.5 Å². The number of fused-ring (bicyclic) bond motifs is 1. The number of thiophene rings is 1. The van der Waals surface area contributed by atoms with Gasteiger partial charge in [-0.15, -0.1) is 11.3 Å². The Morgan fingerprint density at radius 2 is 2.07 bits per heavy atom. The van der Waals surface area contributed by atoms with Crippen LogP contribution >= 0.6 is 11.3 Å². The van der Waals surface area contributed by atoms with Crippen molar-refractivity contribution in [3.8, 4) is 0 Å². The minimum atomic E-state index is -0.224. The summed E-state index contributed by atoms with van der Waals surface area (Å²) in [5, 5.41) is 4.94. The summed E-state index contributed by atoms with van der Waals surface area (Å²) in [7, 11) is 0. The van der Waals surface area contributed by atoms with Gasteiger partial charge in [-0.3, -0.25) is 14.5 Å². The van der Waals surface area contributed by atoms with Crippen LogP contribution in [0.15, 0.2) is 64.6 Å². The second-order valence-electron chi connectivity index (χ2n) is 7.19. The topological polar surface area (TPSA) is 65.8 Å². The molecule has 2 amide bonds. The lowest BCUT2D eigenvalue weighted by Crippen LogP contribution is -2.44. The first-order chi connectivity index (χ1) is 14.1. The Bertz CT molecular complexity index is 933. The van der Waals surface area contributed by atoms with Crippen LogP contribution in [0.3, 0.4) is 0 Å². The van der Waals surface area contributed by atoms with Crippen LogP contribution in [-0.2, 0) is 22.7 Å². The molecule has 2 aromatic heterocycles. The minimum Gasteiger partial charge on any atom is -0.468 e. The zero-order chi connectivity index (χ0) is 20.2. The van der Waals surface area contributed by atoms with Crippen LogP contribution in [0.2, 0.25) is 0 Å². The summed E-state index contributed by atoms with van der Waals surface area (Å²) in [6.45, 7) is 3.34. The second kappa shape index (κ2) is 8.63. The molecule has 1 atom stereocenters. The molecule has 1 aliphatic heterocycles. The van der Waals surface area contributed by atoms with Crippen molar-refractivity contribution in [2.45, 2.75) is 32.5 Å². The normalized spacial score (nSPS) is 16.4. The molecule has 4 rings (SSSR count). The fraction of sp³-hybridized carbons (Fsp3) is 0.273.